The Morgan fingerprint density at radius 2 is 1.92 bits per heavy atom. The number of nitrogens with two attached hydrogens (primary N) is 1. The number of carboxylic acid groups (broad SMARTS) is 1. The standard InChI is InChI=1S/C16H22ClN3O5/c1-16(2,3)25-15(23)19-12(14(18)20-24-9-13(21)22)8-10-4-6-11(17)7-5-10/h4-7,12H,8-9H2,1-3H3,(H2,18,20)(H,19,23)(H,21,22)/t12-/m0/s1. The molecule has 138 valence electrons. The molecule has 0 unspecified atom stereocenters. The van der Waals surface area contributed by atoms with Gasteiger partial charge in [-0.15, -0.1) is 0 Å². The highest BCUT2D eigenvalue weighted by Crippen LogP contribution is 2.12. The van der Waals surface area contributed by atoms with Crippen LogP contribution in [0.1, 0.15) is 26.3 Å². The second-order valence-electron chi connectivity index (χ2n) is 6.21. The SMILES string of the molecule is CC(C)(C)OC(=O)N[C@@H](Cc1ccc(Cl)cc1)/C(N)=N/OCC(=O)O. The Kier molecular flexibility index (Phi) is 7.50. The molecule has 0 radical (unpaired) electrons. The fourth-order valence-corrected chi connectivity index (χ4v) is 1.89. The van der Waals surface area contributed by atoms with Gasteiger partial charge < -0.3 is 25.7 Å². The van der Waals surface area contributed by atoms with Crippen LogP contribution in [0.15, 0.2) is 29.4 Å². The number of carbonyl (C=O) groups excluding carboxylic acids is 1. The van der Waals surface area contributed by atoms with Gasteiger partial charge in [-0.25, -0.2) is 9.59 Å². The number of amidine groups is 1. The van der Waals surface area contributed by atoms with E-state index >= 15 is 0 Å². The molecule has 0 aliphatic carbocycles. The number of nitrogens with zero attached hydrogens (tertiary/aromatic N) is 1. The van der Waals surface area contributed by atoms with Crippen LogP contribution in [0.4, 0.5) is 4.79 Å². The summed E-state index contributed by atoms with van der Waals surface area (Å²) in [6, 6.07) is 6.21. The Balaban J connectivity index is 2.86. The molecule has 0 aliphatic rings. The lowest BCUT2D eigenvalue weighted by Gasteiger charge is -2.23. The minimum absolute atomic E-state index is 0.0814. The Bertz CT molecular complexity index is 626. The van der Waals surface area contributed by atoms with Crippen molar-refractivity contribution in [3.8, 4) is 0 Å². The van der Waals surface area contributed by atoms with Gasteiger partial charge in [-0.05, 0) is 38.5 Å². The minimum atomic E-state index is -1.19. The van der Waals surface area contributed by atoms with Gasteiger partial charge >= 0.3 is 12.1 Å². The summed E-state index contributed by atoms with van der Waals surface area (Å²) in [5.74, 6) is -1.27. The lowest BCUT2D eigenvalue weighted by Crippen LogP contribution is -2.47. The number of benzene rings is 1. The second-order valence-corrected chi connectivity index (χ2v) is 6.65. The van der Waals surface area contributed by atoms with Crippen LogP contribution in [0.2, 0.25) is 5.02 Å². The lowest BCUT2D eigenvalue weighted by molar-refractivity contribution is -0.142. The van der Waals surface area contributed by atoms with Gasteiger partial charge in [0.05, 0.1) is 6.04 Å². The van der Waals surface area contributed by atoms with E-state index in [0.717, 1.165) is 5.56 Å². The minimum Gasteiger partial charge on any atom is -0.479 e. The van der Waals surface area contributed by atoms with Crippen LogP contribution in [0.25, 0.3) is 0 Å². The Hall–Kier alpha value is -2.48. The van der Waals surface area contributed by atoms with Crippen LogP contribution >= 0.6 is 11.6 Å². The first-order valence-electron chi connectivity index (χ1n) is 7.48. The van der Waals surface area contributed by atoms with Gasteiger partial charge in [0.15, 0.2) is 5.84 Å². The van der Waals surface area contributed by atoms with Gasteiger partial charge in [0.25, 0.3) is 0 Å². The van der Waals surface area contributed by atoms with Crippen LogP contribution in [-0.4, -0.2) is 41.3 Å². The maximum Gasteiger partial charge on any atom is 0.408 e. The fraction of sp³-hybridized carbons (Fsp3) is 0.438. The highest BCUT2D eigenvalue weighted by Gasteiger charge is 2.22. The van der Waals surface area contributed by atoms with Crippen LogP contribution in [0.3, 0.4) is 0 Å². The van der Waals surface area contributed by atoms with E-state index in [1.807, 2.05) is 0 Å². The summed E-state index contributed by atoms with van der Waals surface area (Å²) in [5, 5.41) is 15.3. The second kappa shape index (κ2) is 9.12. The number of amides is 1. The normalized spacial score (nSPS) is 13.0. The van der Waals surface area contributed by atoms with Crippen molar-refractivity contribution in [2.45, 2.75) is 38.8 Å². The molecule has 0 saturated heterocycles. The molecule has 25 heavy (non-hydrogen) atoms. The zero-order chi connectivity index (χ0) is 19.0. The van der Waals surface area contributed by atoms with E-state index < -0.39 is 30.3 Å². The van der Waals surface area contributed by atoms with Crippen LogP contribution in [-0.2, 0) is 20.8 Å². The van der Waals surface area contributed by atoms with E-state index in [1.54, 1.807) is 45.0 Å². The summed E-state index contributed by atoms with van der Waals surface area (Å²) in [7, 11) is 0. The number of oxime groups is 1. The molecule has 0 spiro atoms. The maximum atomic E-state index is 12.0. The van der Waals surface area contributed by atoms with E-state index in [4.69, 9.17) is 27.2 Å². The quantitative estimate of drug-likeness (QED) is 0.383. The number of carbonyl (C=O) groups is 2. The van der Waals surface area contributed by atoms with Gasteiger partial charge in [-0.1, -0.05) is 28.9 Å². The number of nitrogens with one attached hydrogen (secondary N) is 1. The average Bonchev–Trinajstić information content (AvgIpc) is 2.46. The van der Waals surface area contributed by atoms with E-state index in [2.05, 4.69) is 15.3 Å². The van der Waals surface area contributed by atoms with E-state index in [-0.39, 0.29) is 5.84 Å². The molecule has 0 aliphatic heterocycles. The van der Waals surface area contributed by atoms with Crippen molar-refractivity contribution in [3.05, 3.63) is 34.9 Å². The molecular formula is C16H22ClN3O5. The third kappa shape index (κ3) is 8.80. The predicted molar refractivity (Wildman–Crippen MR) is 93.5 cm³/mol. The van der Waals surface area contributed by atoms with E-state index in [0.29, 0.717) is 11.4 Å². The summed E-state index contributed by atoms with van der Waals surface area (Å²) < 4.78 is 5.20. The van der Waals surface area contributed by atoms with Crippen molar-refractivity contribution >= 4 is 29.5 Å². The van der Waals surface area contributed by atoms with Gasteiger partial charge in [0.2, 0.25) is 6.61 Å². The van der Waals surface area contributed by atoms with Gasteiger partial charge in [0.1, 0.15) is 5.60 Å². The first-order chi connectivity index (χ1) is 11.6. The number of hydrogen-bond acceptors (Lipinski definition) is 5. The molecule has 1 aromatic rings. The molecular weight excluding hydrogens is 350 g/mol. The van der Waals surface area contributed by atoms with Crippen molar-refractivity contribution in [3.63, 3.8) is 0 Å². The molecule has 0 bridgehead atoms. The summed E-state index contributed by atoms with van der Waals surface area (Å²) in [6.07, 6.45) is -0.384. The average molecular weight is 372 g/mol. The summed E-state index contributed by atoms with van der Waals surface area (Å²) in [4.78, 5) is 27.1. The summed E-state index contributed by atoms with van der Waals surface area (Å²) in [5.41, 5.74) is 5.98. The molecule has 1 aromatic carbocycles. The molecule has 0 fully saturated rings. The zero-order valence-electron chi connectivity index (χ0n) is 14.3. The summed E-state index contributed by atoms with van der Waals surface area (Å²) in [6.45, 7) is 4.55. The third-order valence-electron chi connectivity index (χ3n) is 2.76. The van der Waals surface area contributed by atoms with Gasteiger partial charge in [0, 0.05) is 11.4 Å². The lowest BCUT2D eigenvalue weighted by atomic mass is 10.1. The first kappa shape index (κ1) is 20.6. The van der Waals surface area contributed by atoms with Crippen molar-refractivity contribution in [2.75, 3.05) is 6.61 Å². The molecule has 4 N–H and O–H groups in total. The predicted octanol–water partition coefficient (Wildman–Crippen LogP) is 2.15. The van der Waals surface area contributed by atoms with Crippen molar-refractivity contribution < 1.29 is 24.3 Å². The Labute approximate surface area is 150 Å². The zero-order valence-corrected chi connectivity index (χ0v) is 15.0. The van der Waals surface area contributed by atoms with Crippen molar-refractivity contribution in [2.24, 2.45) is 10.9 Å². The monoisotopic (exact) mass is 371 g/mol. The number of carboxylic acids is 1. The molecule has 9 heteroatoms. The highest BCUT2D eigenvalue weighted by atomic mass is 35.5. The Morgan fingerprint density at radius 1 is 1.32 bits per heavy atom. The fourth-order valence-electron chi connectivity index (χ4n) is 1.76. The number of ether oxygens (including phenoxy) is 1. The van der Waals surface area contributed by atoms with Crippen LogP contribution in [0, 0.1) is 0 Å². The summed E-state index contributed by atoms with van der Waals surface area (Å²) >= 11 is 5.85. The van der Waals surface area contributed by atoms with E-state index in [1.165, 1.54) is 0 Å². The maximum absolute atomic E-state index is 12.0. The molecule has 0 saturated carbocycles. The van der Waals surface area contributed by atoms with E-state index in [9.17, 15) is 9.59 Å². The van der Waals surface area contributed by atoms with Crippen molar-refractivity contribution in [1.29, 1.82) is 0 Å². The smallest absolute Gasteiger partial charge is 0.408 e. The van der Waals surface area contributed by atoms with Crippen LogP contribution in [0.5, 0.6) is 0 Å². The van der Waals surface area contributed by atoms with Crippen molar-refractivity contribution in [1.82, 2.24) is 5.32 Å². The number of aliphatic carboxylic acids is 1. The highest BCUT2D eigenvalue weighted by molar-refractivity contribution is 6.30. The number of alkyl carbamates (subject to hydrolysis) is 1. The molecule has 1 rings (SSSR count). The largest absolute Gasteiger partial charge is 0.479 e. The van der Waals surface area contributed by atoms with Gasteiger partial charge in [-0.2, -0.15) is 0 Å². The first-order valence-corrected chi connectivity index (χ1v) is 7.85. The Morgan fingerprint density at radius 3 is 2.44 bits per heavy atom. The van der Waals surface area contributed by atoms with Gasteiger partial charge in [-0.3, -0.25) is 0 Å². The van der Waals surface area contributed by atoms with Crippen LogP contribution < -0.4 is 11.1 Å². The topological polar surface area (TPSA) is 123 Å². The molecule has 1 amide bonds. The molecule has 0 aromatic heterocycles. The molecule has 8 nitrogen and oxygen atoms in total. The number of hydrogen-bond donors (Lipinski definition) is 3. The number of halogens is 1. The number of rotatable bonds is 7. The molecule has 1 atom stereocenters. The molecule has 0 heterocycles. The third-order valence-corrected chi connectivity index (χ3v) is 3.01.